The molecule has 0 unspecified atom stereocenters. The first-order chi connectivity index (χ1) is 10.3. The fourth-order valence-corrected chi connectivity index (χ4v) is 2.61. The van der Waals surface area contributed by atoms with E-state index in [0.29, 0.717) is 18.3 Å². The third-order valence-electron chi connectivity index (χ3n) is 3.68. The zero-order valence-electron chi connectivity index (χ0n) is 11.7. The van der Waals surface area contributed by atoms with Crippen LogP contribution in [0.15, 0.2) is 30.6 Å². The molecule has 7 nitrogen and oxygen atoms in total. The predicted molar refractivity (Wildman–Crippen MR) is 78.0 cm³/mol. The molecular formula is C14H18N6O. The van der Waals surface area contributed by atoms with Gasteiger partial charge in [0.15, 0.2) is 0 Å². The Bertz CT molecular complexity index is 591. The van der Waals surface area contributed by atoms with Gasteiger partial charge in [0.05, 0.1) is 17.9 Å². The van der Waals surface area contributed by atoms with Crippen LogP contribution in [0.5, 0.6) is 0 Å². The van der Waals surface area contributed by atoms with Crippen LogP contribution in [-0.4, -0.2) is 38.7 Å². The molecule has 2 N–H and O–H groups in total. The van der Waals surface area contributed by atoms with Gasteiger partial charge in [-0.2, -0.15) is 4.68 Å². The largest absolute Gasteiger partial charge is 0.323 e. The molecule has 1 heterocycles. The Kier molecular flexibility index (Phi) is 4.20. The van der Waals surface area contributed by atoms with E-state index in [4.69, 9.17) is 0 Å². The predicted octanol–water partition coefficient (Wildman–Crippen LogP) is 1.13. The highest BCUT2D eigenvalue weighted by Gasteiger charge is 2.16. The molecule has 110 valence electrons. The van der Waals surface area contributed by atoms with Crippen molar-refractivity contribution in [3.63, 3.8) is 0 Å². The highest BCUT2D eigenvalue weighted by Crippen LogP contribution is 2.19. The highest BCUT2D eigenvalue weighted by atomic mass is 16.1. The van der Waals surface area contributed by atoms with E-state index in [1.165, 1.54) is 23.9 Å². The molecular weight excluding hydrogens is 268 g/mol. The number of carbonyl (C=O) groups is 1. The first-order valence-electron chi connectivity index (χ1n) is 7.18. The van der Waals surface area contributed by atoms with Crippen molar-refractivity contribution in [2.24, 2.45) is 0 Å². The average molecular weight is 286 g/mol. The van der Waals surface area contributed by atoms with Gasteiger partial charge in [0, 0.05) is 6.04 Å². The second-order valence-corrected chi connectivity index (χ2v) is 5.18. The van der Waals surface area contributed by atoms with Crippen LogP contribution in [0.1, 0.15) is 25.7 Å². The van der Waals surface area contributed by atoms with Crippen molar-refractivity contribution in [2.75, 3.05) is 11.9 Å². The van der Waals surface area contributed by atoms with Crippen LogP contribution in [0.4, 0.5) is 5.69 Å². The minimum atomic E-state index is -0.0533. The van der Waals surface area contributed by atoms with Gasteiger partial charge in [0.1, 0.15) is 6.33 Å². The van der Waals surface area contributed by atoms with Crippen LogP contribution in [0.2, 0.25) is 0 Å². The van der Waals surface area contributed by atoms with Gasteiger partial charge in [-0.3, -0.25) is 4.79 Å². The summed E-state index contributed by atoms with van der Waals surface area (Å²) in [7, 11) is 0. The van der Waals surface area contributed by atoms with Gasteiger partial charge in [-0.25, -0.2) is 0 Å². The lowest BCUT2D eigenvalue weighted by Gasteiger charge is -2.13. The van der Waals surface area contributed by atoms with E-state index in [-0.39, 0.29) is 5.91 Å². The highest BCUT2D eigenvalue weighted by molar-refractivity contribution is 5.94. The van der Waals surface area contributed by atoms with Crippen LogP contribution < -0.4 is 10.6 Å². The van der Waals surface area contributed by atoms with Gasteiger partial charge in [0.25, 0.3) is 0 Å². The van der Waals surface area contributed by atoms with E-state index in [1.807, 2.05) is 24.3 Å². The van der Waals surface area contributed by atoms with E-state index >= 15 is 0 Å². The van der Waals surface area contributed by atoms with Gasteiger partial charge in [-0.15, -0.1) is 5.10 Å². The Morgan fingerprint density at radius 1 is 1.29 bits per heavy atom. The monoisotopic (exact) mass is 286 g/mol. The maximum absolute atomic E-state index is 12.1. The number of carbonyl (C=O) groups excluding carboxylic acids is 1. The number of aromatic nitrogens is 4. The van der Waals surface area contributed by atoms with Crippen LogP contribution in [-0.2, 0) is 4.79 Å². The summed E-state index contributed by atoms with van der Waals surface area (Å²) in [6, 6.07) is 7.92. The molecule has 1 aromatic carbocycles. The normalized spacial score (nSPS) is 15.2. The van der Waals surface area contributed by atoms with Crippen molar-refractivity contribution in [3.8, 4) is 5.69 Å². The number of benzene rings is 1. The number of amides is 1. The number of nitrogens with one attached hydrogen (secondary N) is 2. The van der Waals surface area contributed by atoms with E-state index in [2.05, 4.69) is 26.2 Å². The zero-order chi connectivity index (χ0) is 14.5. The van der Waals surface area contributed by atoms with Crippen molar-refractivity contribution < 1.29 is 4.79 Å². The number of hydrogen-bond acceptors (Lipinski definition) is 5. The molecule has 0 spiro atoms. The lowest BCUT2D eigenvalue weighted by molar-refractivity contribution is -0.115. The molecule has 0 saturated heterocycles. The second kappa shape index (κ2) is 6.45. The lowest BCUT2D eigenvalue weighted by Crippen LogP contribution is -2.34. The van der Waals surface area contributed by atoms with Gasteiger partial charge >= 0.3 is 0 Å². The average Bonchev–Trinajstić information content (AvgIpc) is 3.19. The Morgan fingerprint density at radius 3 is 2.86 bits per heavy atom. The van der Waals surface area contributed by atoms with Gasteiger partial charge in [-0.05, 0) is 35.4 Å². The van der Waals surface area contributed by atoms with Gasteiger partial charge in [-0.1, -0.05) is 25.0 Å². The molecule has 2 aromatic rings. The number of nitrogens with zero attached hydrogens (tertiary/aromatic N) is 4. The van der Waals surface area contributed by atoms with Crippen molar-refractivity contribution in [2.45, 2.75) is 31.7 Å². The minimum Gasteiger partial charge on any atom is -0.323 e. The third-order valence-corrected chi connectivity index (χ3v) is 3.68. The fourth-order valence-electron chi connectivity index (χ4n) is 2.61. The second-order valence-electron chi connectivity index (χ2n) is 5.18. The number of tetrazole rings is 1. The summed E-state index contributed by atoms with van der Waals surface area (Å²) in [6.45, 7) is 0.328. The molecule has 3 rings (SSSR count). The van der Waals surface area contributed by atoms with Crippen molar-refractivity contribution >= 4 is 11.6 Å². The van der Waals surface area contributed by atoms with Crippen molar-refractivity contribution in [3.05, 3.63) is 30.6 Å². The number of rotatable bonds is 5. The van der Waals surface area contributed by atoms with Crippen molar-refractivity contribution in [1.29, 1.82) is 0 Å². The summed E-state index contributed by atoms with van der Waals surface area (Å²) in [5.74, 6) is -0.0533. The molecule has 0 atom stereocenters. The van der Waals surface area contributed by atoms with Crippen LogP contribution in [0.25, 0.3) is 5.69 Å². The van der Waals surface area contributed by atoms with E-state index < -0.39 is 0 Å². The molecule has 0 bridgehead atoms. The zero-order valence-corrected chi connectivity index (χ0v) is 11.7. The van der Waals surface area contributed by atoms with Crippen LogP contribution in [0.3, 0.4) is 0 Å². The van der Waals surface area contributed by atoms with E-state index in [1.54, 1.807) is 0 Å². The topological polar surface area (TPSA) is 84.7 Å². The first kappa shape index (κ1) is 13.7. The molecule has 7 heteroatoms. The number of para-hydroxylation sites is 2. The molecule has 1 aliphatic carbocycles. The number of hydrogen-bond donors (Lipinski definition) is 2. The van der Waals surface area contributed by atoms with Gasteiger partial charge in [0.2, 0.25) is 5.91 Å². The summed E-state index contributed by atoms with van der Waals surface area (Å²) < 4.78 is 1.53. The Morgan fingerprint density at radius 2 is 2.10 bits per heavy atom. The molecule has 0 aliphatic heterocycles. The van der Waals surface area contributed by atoms with E-state index in [0.717, 1.165) is 18.5 Å². The third kappa shape index (κ3) is 3.43. The van der Waals surface area contributed by atoms with Crippen LogP contribution >= 0.6 is 0 Å². The molecule has 21 heavy (non-hydrogen) atoms. The standard InChI is InChI=1S/C14H18N6O/c21-14(9-15-11-5-1-2-6-11)17-12-7-3-4-8-13(12)20-10-16-18-19-20/h3-4,7-8,10-11,15H,1-2,5-6,9H2,(H,17,21). The quantitative estimate of drug-likeness (QED) is 0.860. The molecule has 1 fully saturated rings. The fraction of sp³-hybridized carbons (Fsp3) is 0.429. The molecule has 1 amide bonds. The maximum Gasteiger partial charge on any atom is 0.238 e. The van der Waals surface area contributed by atoms with Crippen LogP contribution in [0, 0.1) is 0 Å². The molecule has 1 saturated carbocycles. The maximum atomic E-state index is 12.1. The SMILES string of the molecule is O=C(CNC1CCCC1)Nc1ccccc1-n1cnnn1. The summed E-state index contributed by atoms with van der Waals surface area (Å²) >= 11 is 0. The summed E-state index contributed by atoms with van der Waals surface area (Å²) in [5, 5.41) is 17.3. The number of anilines is 1. The van der Waals surface area contributed by atoms with E-state index in [9.17, 15) is 4.79 Å². The summed E-state index contributed by atoms with van der Waals surface area (Å²) in [4.78, 5) is 12.1. The summed E-state index contributed by atoms with van der Waals surface area (Å²) in [6.07, 6.45) is 6.33. The summed E-state index contributed by atoms with van der Waals surface area (Å²) in [5.41, 5.74) is 1.44. The molecule has 0 radical (unpaired) electrons. The van der Waals surface area contributed by atoms with Gasteiger partial charge < -0.3 is 10.6 Å². The Hall–Kier alpha value is -2.28. The minimum absolute atomic E-state index is 0.0533. The smallest absolute Gasteiger partial charge is 0.238 e. The molecule has 1 aliphatic rings. The van der Waals surface area contributed by atoms with Crippen molar-refractivity contribution in [1.82, 2.24) is 25.5 Å². The molecule has 1 aromatic heterocycles. The Balaban J connectivity index is 1.63. The Labute approximate surface area is 122 Å². The first-order valence-corrected chi connectivity index (χ1v) is 7.18. The lowest BCUT2D eigenvalue weighted by atomic mass is 10.2.